The van der Waals surface area contributed by atoms with E-state index in [4.69, 9.17) is 50.3 Å². The van der Waals surface area contributed by atoms with Crippen molar-refractivity contribution in [2.24, 2.45) is 0 Å². The second-order valence-electron chi connectivity index (χ2n) is 22.6. The van der Waals surface area contributed by atoms with Gasteiger partial charge in [-0.1, -0.05) is 0 Å². The van der Waals surface area contributed by atoms with Crippen LogP contribution in [0.3, 0.4) is 0 Å². The summed E-state index contributed by atoms with van der Waals surface area (Å²) in [5.74, 6) is 0.0268. The molecule has 0 N–H and O–H groups in total. The fourth-order valence-electron chi connectivity index (χ4n) is 4.37. The van der Waals surface area contributed by atoms with Gasteiger partial charge in [-0.2, -0.15) is 0 Å². The van der Waals surface area contributed by atoms with Gasteiger partial charge < -0.3 is 50.3 Å². The quantitative estimate of drug-likeness (QED) is 0.0679. The lowest BCUT2D eigenvalue weighted by atomic mass is 11.0. The van der Waals surface area contributed by atoms with E-state index in [1.165, 1.54) is 0 Å². The smallest absolute Gasteiger partial charge is 0.484 e. The maximum atomic E-state index is 7.24. The first-order valence-corrected chi connectivity index (χ1v) is 55.7. The summed E-state index contributed by atoms with van der Waals surface area (Å²) in [4.78, 5) is 0. The summed E-state index contributed by atoms with van der Waals surface area (Å²) in [7, 11) is -33.1. The Labute approximate surface area is 348 Å². The minimum atomic E-state index is -4.07. The minimum absolute atomic E-state index is 0.0268. The summed E-state index contributed by atoms with van der Waals surface area (Å²) in [5, 5.41) is 0.375. The van der Waals surface area contributed by atoms with Gasteiger partial charge in [0.1, 0.15) is 5.38 Å². The lowest BCUT2D eigenvalue weighted by Gasteiger charge is -2.44. The van der Waals surface area contributed by atoms with Crippen molar-refractivity contribution in [3.63, 3.8) is 0 Å². The van der Waals surface area contributed by atoms with E-state index in [9.17, 15) is 0 Å². The van der Waals surface area contributed by atoms with Crippen molar-refractivity contribution in [1.29, 1.82) is 0 Å². The van der Waals surface area contributed by atoms with Gasteiger partial charge in [0.05, 0.1) is 10.2 Å². The second kappa shape index (κ2) is 18.7. The monoisotopic (exact) mass is 988 g/mol. The molecule has 0 aliphatic heterocycles. The Hall–Kier alpha value is 1.60. The van der Waals surface area contributed by atoms with Gasteiger partial charge in [-0.15, -0.1) is 0 Å². The molecule has 0 unspecified atom stereocenters. The third kappa shape index (κ3) is 26.6. The van der Waals surface area contributed by atoms with Crippen molar-refractivity contribution >= 4 is 112 Å². The number of hydrogen-bond donors (Lipinski definition) is 0. The minimum Gasteiger partial charge on any atom is -0.484 e. The predicted octanol–water partition coefficient (Wildman–Crippen LogP) is 9.50. The average molecular weight is 990 g/mol. The SMILES string of the molecule is C[Si](C)(C)O[Si](OC([SiH3])=C(O[Si](O[Si](C)(C)C)(O[Si](C)(C)C)O[Si](C)(C)C)O[Si](O[Si](C)(C)C)(O[Si](C)(C)C)O[Si](C)(C)C)(O[Si](C)(C)C)O[Si](C)(C)C. The highest BCUT2D eigenvalue weighted by Crippen LogP contribution is 2.36. The van der Waals surface area contributed by atoms with Crippen LogP contribution in [0.5, 0.6) is 0 Å². The van der Waals surface area contributed by atoms with Crippen LogP contribution < -0.4 is 0 Å². The Morgan fingerprint density at radius 2 is 0.370 bits per heavy atom. The predicted molar refractivity (Wildman–Crippen MR) is 257 cm³/mol. The highest BCUT2D eigenvalue weighted by molar-refractivity contribution is 6.90. The molecule has 0 fully saturated rings. The van der Waals surface area contributed by atoms with Crippen LogP contribution in [-0.4, -0.2) is 112 Å². The van der Waals surface area contributed by atoms with E-state index in [-0.39, 0.29) is 5.95 Å². The van der Waals surface area contributed by atoms with E-state index in [0.717, 1.165) is 0 Å². The zero-order chi connectivity index (χ0) is 43.6. The molecule has 0 amide bonds. The molecule has 0 atom stereocenters. The molecule has 0 saturated carbocycles. The van der Waals surface area contributed by atoms with Gasteiger partial charge in [0.25, 0.3) is 5.95 Å². The van der Waals surface area contributed by atoms with Crippen molar-refractivity contribution in [3.05, 3.63) is 11.3 Å². The molecule has 0 aliphatic rings. The molecule has 0 aromatic heterocycles. The summed E-state index contributed by atoms with van der Waals surface area (Å²) >= 11 is 0. The van der Waals surface area contributed by atoms with Crippen LogP contribution >= 0.6 is 0 Å². The zero-order valence-electron chi connectivity index (χ0n) is 39.9. The van der Waals surface area contributed by atoms with Gasteiger partial charge in [0, 0.05) is 0 Å². The second-order valence-corrected chi connectivity index (χ2v) is 72.5. The molecular formula is C29H84O12Si13. The van der Waals surface area contributed by atoms with Crippen molar-refractivity contribution in [1.82, 2.24) is 0 Å². The van der Waals surface area contributed by atoms with E-state index >= 15 is 0 Å². The molecule has 0 aromatic rings. The van der Waals surface area contributed by atoms with Crippen LogP contribution in [0, 0.1) is 0 Å². The van der Waals surface area contributed by atoms with E-state index < -0.39 is 102 Å². The van der Waals surface area contributed by atoms with Crippen LogP contribution in [-0.2, 0) is 50.3 Å². The van der Waals surface area contributed by atoms with Crippen LogP contribution in [0.4, 0.5) is 0 Å². The lowest BCUT2D eigenvalue weighted by Crippen LogP contribution is -2.65. The molecule has 0 bridgehead atoms. The maximum absolute atomic E-state index is 7.24. The summed E-state index contributed by atoms with van der Waals surface area (Å²) in [6.45, 7) is 57.1. The molecule has 0 aliphatic carbocycles. The normalized spacial score (nSPS) is 15.4. The fraction of sp³-hybridized carbons (Fsp3) is 0.931. The Morgan fingerprint density at radius 1 is 0.241 bits per heavy atom. The molecule has 0 aromatic carbocycles. The fourth-order valence-corrected chi connectivity index (χ4v) is 40.5. The highest BCUT2D eigenvalue weighted by atomic mass is 28.5. The standard InChI is InChI=1S/C29H84O12Si13/c1-43(2,3)33-52(34-44(4,5)6,35-45(7,8)9)30-28(31-53(36-46(10,11)12,37-47(13,14)15)38-48(16,17)18)29(42)32-54(39-49(19,20)21,40-50(22,23)24)41-51(25,26)27/h1-27,42H3. The Morgan fingerprint density at radius 3 is 0.500 bits per heavy atom. The van der Waals surface area contributed by atoms with E-state index in [1.54, 1.807) is 0 Å². The number of hydrogen-bond acceptors (Lipinski definition) is 12. The Balaban J connectivity index is 8.71. The molecule has 0 rings (SSSR count). The molecular weight excluding hydrogens is 905 g/mol. The van der Waals surface area contributed by atoms with Crippen molar-refractivity contribution in [2.75, 3.05) is 0 Å². The molecule has 0 saturated heterocycles. The van der Waals surface area contributed by atoms with Gasteiger partial charge in [-0.05, 0) is 177 Å². The summed E-state index contributed by atoms with van der Waals surface area (Å²) in [6, 6.07) is 0. The number of rotatable bonds is 24. The Kier molecular flexibility index (Phi) is 19.2. The first kappa shape index (κ1) is 55.6. The molecule has 25 heteroatoms. The third-order valence-corrected chi connectivity index (χ3v) is 38.4. The topological polar surface area (TPSA) is 111 Å². The van der Waals surface area contributed by atoms with E-state index in [2.05, 4.69) is 177 Å². The first-order valence-electron chi connectivity index (χ1n) is 19.1. The zero-order valence-corrected chi connectivity index (χ0v) is 53.9. The highest BCUT2D eigenvalue weighted by Gasteiger charge is 2.62. The van der Waals surface area contributed by atoms with Gasteiger partial charge in [0.15, 0.2) is 74.9 Å². The van der Waals surface area contributed by atoms with E-state index in [0.29, 0.717) is 15.6 Å². The molecule has 324 valence electrons. The largest absolute Gasteiger partial charge is 0.719 e. The van der Waals surface area contributed by atoms with Crippen LogP contribution in [0.2, 0.25) is 177 Å². The molecule has 0 spiro atoms. The molecule has 54 heavy (non-hydrogen) atoms. The van der Waals surface area contributed by atoms with Crippen LogP contribution in [0.1, 0.15) is 0 Å². The molecule has 0 heterocycles. The Bertz CT molecular complexity index is 1050. The summed E-state index contributed by atoms with van der Waals surface area (Å²) in [5.41, 5.74) is 0. The van der Waals surface area contributed by atoms with E-state index in [1.807, 2.05) is 0 Å². The average Bonchev–Trinajstić information content (AvgIpc) is 2.65. The third-order valence-electron chi connectivity index (χ3n) is 4.88. The van der Waals surface area contributed by atoms with Crippen molar-refractivity contribution < 1.29 is 50.3 Å². The van der Waals surface area contributed by atoms with Gasteiger partial charge in [-0.25, -0.2) is 0 Å². The summed E-state index contributed by atoms with van der Waals surface area (Å²) < 4.78 is 84.7. The first-order chi connectivity index (χ1) is 23.1. The van der Waals surface area contributed by atoms with Gasteiger partial charge >= 0.3 is 27.1 Å². The molecule has 12 nitrogen and oxygen atoms in total. The lowest BCUT2D eigenvalue weighted by molar-refractivity contribution is 0.0162. The maximum Gasteiger partial charge on any atom is 0.719 e. The molecule has 0 radical (unpaired) electrons. The van der Waals surface area contributed by atoms with Gasteiger partial charge in [-0.3, -0.25) is 0 Å². The van der Waals surface area contributed by atoms with Crippen molar-refractivity contribution in [3.8, 4) is 0 Å². The van der Waals surface area contributed by atoms with Crippen molar-refractivity contribution in [2.45, 2.75) is 177 Å². The van der Waals surface area contributed by atoms with Gasteiger partial charge in [0.2, 0.25) is 0 Å². The summed E-state index contributed by atoms with van der Waals surface area (Å²) in [6.07, 6.45) is 0. The van der Waals surface area contributed by atoms with Crippen LogP contribution in [0.15, 0.2) is 11.3 Å². The van der Waals surface area contributed by atoms with Crippen LogP contribution in [0.25, 0.3) is 0 Å².